The van der Waals surface area contributed by atoms with Crippen LogP contribution in [0.15, 0.2) is 103 Å². The van der Waals surface area contributed by atoms with Gasteiger partial charge in [-0.05, 0) is 56.3 Å². The van der Waals surface area contributed by atoms with Gasteiger partial charge in [-0.25, -0.2) is 0 Å². The molecular formula is C27H20. The van der Waals surface area contributed by atoms with Gasteiger partial charge in [-0.15, -0.1) is 0 Å². The van der Waals surface area contributed by atoms with Gasteiger partial charge in [0.15, 0.2) is 0 Å². The second kappa shape index (κ2) is 6.41. The van der Waals surface area contributed by atoms with Crippen molar-refractivity contribution >= 4 is 21.5 Å². The predicted octanol–water partition coefficient (Wildman–Crippen LogP) is 7.64. The van der Waals surface area contributed by atoms with Crippen molar-refractivity contribution in [3.05, 3.63) is 109 Å². The van der Waals surface area contributed by atoms with E-state index in [2.05, 4.69) is 110 Å². The van der Waals surface area contributed by atoms with Crippen LogP contribution in [0.2, 0.25) is 0 Å². The number of hydrogen-bond acceptors (Lipinski definition) is 0. The fourth-order valence-corrected chi connectivity index (χ4v) is 4.07. The lowest BCUT2D eigenvalue weighted by Crippen LogP contribution is -1.88. The summed E-state index contributed by atoms with van der Waals surface area (Å²) in [6.45, 7) is 2.21. The lowest BCUT2D eigenvalue weighted by Gasteiger charge is -2.13. The Labute approximate surface area is 159 Å². The van der Waals surface area contributed by atoms with E-state index in [-0.39, 0.29) is 0 Å². The van der Waals surface area contributed by atoms with Crippen molar-refractivity contribution in [1.82, 2.24) is 0 Å². The molecule has 0 heteroatoms. The summed E-state index contributed by atoms with van der Waals surface area (Å²) >= 11 is 0. The van der Waals surface area contributed by atoms with E-state index in [1.165, 1.54) is 49.4 Å². The average molecular weight is 344 g/mol. The Hall–Kier alpha value is -3.38. The van der Waals surface area contributed by atoms with Crippen LogP contribution in [0.3, 0.4) is 0 Å². The van der Waals surface area contributed by atoms with Crippen molar-refractivity contribution in [2.45, 2.75) is 6.92 Å². The van der Waals surface area contributed by atoms with Crippen molar-refractivity contribution in [3.8, 4) is 22.3 Å². The summed E-state index contributed by atoms with van der Waals surface area (Å²) in [6.07, 6.45) is 0. The molecule has 0 radical (unpaired) electrons. The molecule has 0 saturated carbocycles. The maximum Gasteiger partial charge on any atom is -0.0103 e. The third kappa shape index (κ3) is 2.71. The molecule has 0 atom stereocenters. The largest absolute Gasteiger partial charge is 0.0616 e. The maximum atomic E-state index is 2.32. The Morgan fingerprint density at radius 2 is 1.00 bits per heavy atom. The lowest BCUT2D eigenvalue weighted by atomic mass is 9.91. The van der Waals surface area contributed by atoms with Gasteiger partial charge in [0.25, 0.3) is 0 Å². The zero-order chi connectivity index (χ0) is 18.2. The lowest BCUT2D eigenvalue weighted by molar-refractivity contribution is 1.46. The molecule has 0 aromatic heterocycles. The summed E-state index contributed by atoms with van der Waals surface area (Å²) in [5, 5.41) is 5.18. The first-order valence-corrected chi connectivity index (χ1v) is 9.38. The molecule has 0 spiro atoms. The van der Waals surface area contributed by atoms with E-state index in [1.54, 1.807) is 0 Å². The summed E-state index contributed by atoms with van der Waals surface area (Å²) in [7, 11) is 0. The van der Waals surface area contributed by atoms with E-state index >= 15 is 0 Å². The van der Waals surface area contributed by atoms with Crippen LogP contribution < -0.4 is 0 Å². The van der Waals surface area contributed by atoms with Crippen molar-refractivity contribution in [1.29, 1.82) is 0 Å². The predicted molar refractivity (Wildman–Crippen MR) is 117 cm³/mol. The molecule has 0 aliphatic rings. The van der Waals surface area contributed by atoms with Gasteiger partial charge in [-0.3, -0.25) is 0 Å². The van der Waals surface area contributed by atoms with Gasteiger partial charge >= 0.3 is 0 Å². The SMILES string of the molecule is Cc1cc(-c2cccc3ccccc23)ccc1-c1cccc2ccccc12. The molecule has 5 aromatic carbocycles. The number of aryl methyl sites for hydroxylation is 1. The number of rotatable bonds is 2. The first-order chi connectivity index (χ1) is 13.3. The zero-order valence-corrected chi connectivity index (χ0v) is 15.3. The molecule has 0 aliphatic carbocycles. The molecule has 128 valence electrons. The second-order valence-corrected chi connectivity index (χ2v) is 7.08. The molecule has 0 amide bonds. The van der Waals surface area contributed by atoms with Gasteiger partial charge in [0, 0.05) is 0 Å². The third-order valence-corrected chi connectivity index (χ3v) is 5.41. The Balaban J connectivity index is 1.68. The van der Waals surface area contributed by atoms with Crippen LogP contribution in [0.4, 0.5) is 0 Å². The molecule has 0 aliphatic heterocycles. The fourth-order valence-electron chi connectivity index (χ4n) is 4.07. The Kier molecular flexibility index (Phi) is 3.76. The molecule has 0 unspecified atom stereocenters. The second-order valence-electron chi connectivity index (χ2n) is 7.08. The minimum absolute atomic E-state index is 1.27. The van der Waals surface area contributed by atoms with Crippen LogP contribution in [-0.4, -0.2) is 0 Å². The zero-order valence-electron chi connectivity index (χ0n) is 15.3. The highest BCUT2D eigenvalue weighted by Crippen LogP contribution is 2.35. The monoisotopic (exact) mass is 344 g/mol. The number of benzene rings is 5. The van der Waals surface area contributed by atoms with Crippen LogP contribution in [0, 0.1) is 6.92 Å². The topological polar surface area (TPSA) is 0 Å². The van der Waals surface area contributed by atoms with Gasteiger partial charge in [-0.1, -0.05) is 103 Å². The van der Waals surface area contributed by atoms with Crippen molar-refractivity contribution in [3.63, 3.8) is 0 Å². The Morgan fingerprint density at radius 3 is 1.67 bits per heavy atom. The molecule has 0 saturated heterocycles. The third-order valence-electron chi connectivity index (χ3n) is 5.41. The normalized spacial score (nSPS) is 11.1. The Bertz CT molecular complexity index is 1270. The number of fused-ring (bicyclic) bond motifs is 2. The summed E-state index contributed by atoms with van der Waals surface area (Å²) in [5.41, 5.74) is 6.47. The molecule has 5 aromatic rings. The van der Waals surface area contributed by atoms with Crippen LogP contribution >= 0.6 is 0 Å². The Morgan fingerprint density at radius 1 is 0.444 bits per heavy atom. The standard InChI is InChI=1S/C27H20/c1-19-18-22(26-14-6-10-20-8-2-4-12-24(20)26)16-17-23(19)27-15-7-11-21-9-3-5-13-25(21)27/h2-18H,1H3. The van der Waals surface area contributed by atoms with Crippen molar-refractivity contribution in [2.75, 3.05) is 0 Å². The maximum absolute atomic E-state index is 2.32. The van der Waals surface area contributed by atoms with E-state index in [4.69, 9.17) is 0 Å². The van der Waals surface area contributed by atoms with Crippen molar-refractivity contribution < 1.29 is 0 Å². The highest BCUT2D eigenvalue weighted by atomic mass is 14.1. The average Bonchev–Trinajstić information content (AvgIpc) is 2.73. The number of hydrogen-bond donors (Lipinski definition) is 0. The molecule has 27 heavy (non-hydrogen) atoms. The van der Waals surface area contributed by atoms with E-state index in [9.17, 15) is 0 Å². The first kappa shape index (κ1) is 15.8. The molecule has 0 bridgehead atoms. The van der Waals surface area contributed by atoms with Gasteiger partial charge in [0.1, 0.15) is 0 Å². The summed E-state index contributed by atoms with van der Waals surface area (Å²) in [6, 6.07) is 37.1. The van der Waals surface area contributed by atoms with Crippen LogP contribution in [0.1, 0.15) is 5.56 Å². The van der Waals surface area contributed by atoms with E-state index in [1.807, 2.05) is 0 Å². The van der Waals surface area contributed by atoms with E-state index in [0.717, 1.165) is 0 Å². The van der Waals surface area contributed by atoms with Gasteiger partial charge in [-0.2, -0.15) is 0 Å². The van der Waals surface area contributed by atoms with Crippen LogP contribution in [0.5, 0.6) is 0 Å². The molecule has 5 rings (SSSR count). The highest BCUT2D eigenvalue weighted by Gasteiger charge is 2.09. The molecule has 0 nitrogen and oxygen atoms in total. The molecule has 0 heterocycles. The minimum Gasteiger partial charge on any atom is -0.0616 e. The summed E-state index contributed by atoms with van der Waals surface area (Å²) < 4.78 is 0. The molecular weight excluding hydrogens is 324 g/mol. The fraction of sp³-hybridized carbons (Fsp3) is 0.0370. The van der Waals surface area contributed by atoms with Crippen LogP contribution in [-0.2, 0) is 0 Å². The smallest absolute Gasteiger partial charge is 0.0103 e. The van der Waals surface area contributed by atoms with E-state index in [0.29, 0.717) is 0 Å². The van der Waals surface area contributed by atoms with E-state index < -0.39 is 0 Å². The van der Waals surface area contributed by atoms with Crippen LogP contribution in [0.25, 0.3) is 43.8 Å². The van der Waals surface area contributed by atoms with Gasteiger partial charge in [0.2, 0.25) is 0 Å². The minimum atomic E-state index is 1.27. The first-order valence-electron chi connectivity index (χ1n) is 9.38. The quantitative estimate of drug-likeness (QED) is 0.309. The summed E-state index contributed by atoms with van der Waals surface area (Å²) in [5.74, 6) is 0. The van der Waals surface area contributed by atoms with Gasteiger partial charge in [0.05, 0.1) is 0 Å². The van der Waals surface area contributed by atoms with Crippen molar-refractivity contribution in [2.24, 2.45) is 0 Å². The highest BCUT2D eigenvalue weighted by molar-refractivity contribution is 5.99. The molecule has 0 fully saturated rings. The summed E-state index contributed by atoms with van der Waals surface area (Å²) in [4.78, 5) is 0. The molecule has 0 N–H and O–H groups in total. The van der Waals surface area contributed by atoms with Gasteiger partial charge < -0.3 is 0 Å².